The first kappa shape index (κ1) is 20.2. The normalized spacial score (nSPS) is 17.5. The second-order valence-electron chi connectivity index (χ2n) is 6.62. The number of aromatic nitrogens is 1. The Bertz CT molecular complexity index is 982. The zero-order valence-corrected chi connectivity index (χ0v) is 17.2. The van der Waals surface area contributed by atoms with Crippen LogP contribution in [0.2, 0.25) is 0 Å². The number of hydrogen-bond donors (Lipinski definition) is 0. The molecule has 0 saturated carbocycles. The van der Waals surface area contributed by atoms with E-state index < -0.39 is 16.0 Å². The molecule has 0 radical (unpaired) electrons. The minimum Gasteiger partial charge on any atom is -0.497 e. The highest BCUT2D eigenvalue weighted by Gasteiger charge is 2.35. The van der Waals surface area contributed by atoms with Crippen LogP contribution in [0, 0.1) is 0 Å². The predicted octanol–water partition coefficient (Wildman–Crippen LogP) is 2.01. The number of carbonyl (C=O) groups is 1. The molecule has 1 fully saturated rings. The summed E-state index contributed by atoms with van der Waals surface area (Å²) in [6.07, 6.45) is 2.10. The molecule has 3 rings (SSSR count). The minimum absolute atomic E-state index is 0.0105. The Labute approximate surface area is 164 Å². The molecule has 1 saturated heterocycles. The van der Waals surface area contributed by atoms with Crippen molar-refractivity contribution in [2.45, 2.75) is 17.2 Å². The Morgan fingerprint density at radius 2 is 1.89 bits per heavy atom. The van der Waals surface area contributed by atoms with E-state index in [1.165, 1.54) is 28.2 Å². The van der Waals surface area contributed by atoms with Gasteiger partial charge in [-0.1, -0.05) is 0 Å². The maximum absolute atomic E-state index is 13.1. The molecule has 0 spiro atoms. The van der Waals surface area contributed by atoms with Crippen molar-refractivity contribution in [3.8, 4) is 11.5 Å². The van der Waals surface area contributed by atoms with Crippen LogP contribution in [0.3, 0.4) is 0 Å². The lowest BCUT2D eigenvalue weighted by Crippen LogP contribution is -2.28. The van der Waals surface area contributed by atoms with Crippen molar-refractivity contribution in [1.82, 2.24) is 8.87 Å². The summed E-state index contributed by atoms with van der Waals surface area (Å²) in [4.78, 5) is 11.9. The number of aryl methyl sites for hydroxylation is 1. The van der Waals surface area contributed by atoms with Crippen LogP contribution >= 0.6 is 0 Å². The largest absolute Gasteiger partial charge is 0.497 e. The maximum atomic E-state index is 13.1. The third kappa shape index (κ3) is 3.59. The number of esters is 1. The molecule has 0 N–H and O–H groups in total. The van der Waals surface area contributed by atoms with E-state index in [0.29, 0.717) is 31.0 Å². The van der Waals surface area contributed by atoms with Gasteiger partial charge in [-0.3, -0.25) is 0 Å². The van der Waals surface area contributed by atoms with Gasteiger partial charge in [0.25, 0.3) is 0 Å². The van der Waals surface area contributed by atoms with Crippen LogP contribution in [0.1, 0.15) is 28.4 Å². The standard InChI is InChI=1S/C19H24N2O6S/c1-20-12-15(10-17(20)19(22)27-4)28(23,24)21-8-7-13(11-21)16-9-14(25-2)5-6-18(16)26-3/h5-6,9-10,12-13H,7-8,11H2,1-4H3. The first-order chi connectivity index (χ1) is 13.3. The SMILES string of the molecule is COC(=O)c1cc(S(=O)(=O)N2CCC(c3cc(OC)ccc3OC)C2)cn1C. The molecule has 152 valence electrons. The fourth-order valence-electron chi connectivity index (χ4n) is 3.49. The molecule has 0 bridgehead atoms. The van der Waals surface area contributed by atoms with Gasteiger partial charge in [-0.25, -0.2) is 13.2 Å². The van der Waals surface area contributed by atoms with Gasteiger partial charge in [0.2, 0.25) is 10.0 Å². The first-order valence-electron chi connectivity index (χ1n) is 8.78. The van der Waals surface area contributed by atoms with Gasteiger partial charge in [-0.15, -0.1) is 0 Å². The molecule has 1 aromatic carbocycles. The monoisotopic (exact) mass is 408 g/mol. The van der Waals surface area contributed by atoms with Crippen LogP contribution in [-0.2, 0) is 21.8 Å². The van der Waals surface area contributed by atoms with Crippen molar-refractivity contribution >= 4 is 16.0 Å². The van der Waals surface area contributed by atoms with Gasteiger partial charge in [0.15, 0.2) is 0 Å². The second-order valence-corrected chi connectivity index (χ2v) is 8.56. The smallest absolute Gasteiger partial charge is 0.354 e. The van der Waals surface area contributed by atoms with Crippen molar-refractivity contribution in [3.63, 3.8) is 0 Å². The summed E-state index contributed by atoms with van der Waals surface area (Å²) in [6, 6.07) is 6.87. The topological polar surface area (TPSA) is 87.1 Å². The minimum atomic E-state index is -3.73. The number of benzene rings is 1. The van der Waals surface area contributed by atoms with Gasteiger partial charge >= 0.3 is 5.97 Å². The van der Waals surface area contributed by atoms with E-state index >= 15 is 0 Å². The number of nitrogens with zero attached hydrogens (tertiary/aromatic N) is 2. The third-order valence-electron chi connectivity index (χ3n) is 5.04. The number of hydrogen-bond acceptors (Lipinski definition) is 6. The quantitative estimate of drug-likeness (QED) is 0.680. The lowest BCUT2D eigenvalue weighted by Gasteiger charge is -2.18. The van der Waals surface area contributed by atoms with Crippen LogP contribution in [0.25, 0.3) is 0 Å². The van der Waals surface area contributed by atoms with Crippen molar-refractivity contribution in [3.05, 3.63) is 41.7 Å². The van der Waals surface area contributed by atoms with E-state index in [-0.39, 0.29) is 16.5 Å². The molecule has 2 aromatic rings. The van der Waals surface area contributed by atoms with Crippen molar-refractivity contribution < 1.29 is 27.4 Å². The number of sulfonamides is 1. The molecule has 28 heavy (non-hydrogen) atoms. The summed E-state index contributed by atoms with van der Waals surface area (Å²) in [6.45, 7) is 0.712. The molecule has 1 unspecified atom stereocenters. The summed E-state index contributed by atoms with van der Waals surface area (Å²) in [5.74, 6) is 0.814. The van der Waals surface area contributed by atoms with Gasteiger partial charge in [0.05, 0.1) is 21.3 Å². The van der Waals surface area contributed by atoms with E-state index in [1.54, 1.807) is 21.3 Å². The van der Waals surface area contributed by atoms with Crippen LogP contribution in [-0.4, -0.2) is 57.7 Å². The van der Waals surface area contributed by atoms with Crippen LogP contribution in [0.15, 0.2) is 35.4 Å². The second kappa shape index (κ2) is 7.84. The van der Waals surface area contributed by atoms with E-state index in [1.807, 2.05) is 18.2 Å². The lowest BCUT2D eigenvalue weighted by molar-refractivity contribution is 0.0590. The van der Waals surface area contributed by atoms with Gasteiger partial charge in [-0.2, -0.15) is 4.31 Å². The highest BCUT2D eigenvalue weighted by Crippen LogP contribution is 2.37. The number of methoxy groups -OCH3 is 3. The Balaban J connectivity index is 1.86. The Morgan fingerprint density at radius 3 is 2.54 bits per heavy atom. The van der Waals surface area contributed by atoms with E-state index in [4.69, 9.17) is 14.2 Å². The van der Waals surface area contributed by atoms with Crippen LogP contribution in [0.4, 0.5) is 0 Å². The van der Waals surface area contributed by atoms with Gasteiger partial charge in [-0.05, 0) is 30.7 Å². The van der Waals surface area contributed by atoms with E-state index in [2.05, 4.69) is 0 Å². The van der Waals surface area contributed by atoms with Gasteiger partial charge < -0.3 is 18.8 Å². The summed E-state index contributed by atoms with van der Waals surface area (Å²) < 4.78 is 44.5. The Morgan fingerprint density at radius 1 is 1.14 bits per heavy atom. The summed E-state index contributed by atoms with van der Waals surface area (Å²) >= 11 is 0. The zero-order valence-electron chi connectivity index (χ0n) is 16.3. The number of carbonyl (C=O) groups excluding carboxylic acids is 1. The number of ether oxygens (including phenoxy) is 3. The molecule has 2 heterocycles. The van der Waals surface area contributed by atoms with Crippen LogP contribution < -0.4 is 9.47 Å². The molecule has 8 nitrogen and oxygen atoms in total. The molecule has 1 atom stereocenters. The van der Waals surface area contributed by atoms with Crippen molar-refractivity contribution in [1.29, 1.82) is 0 Å². The third-order valence-corrected chi connectivity index (χ3v) is 6.87. The lowest BCUT2D eigenvalue weighted by atomic mass is 9.97. The van der Waals surface area contributed by atoms with Gasteiger partial charge in [0, 0.05) is 37.8 Å². The molecule has 1 aliphatic heterocycles. The van der Waals surface area contributed by atoms with E-state index in [9.17, 15) is 13.2 Å². The highest BCUT2D eigenvalue weighted by molar-refractivity contribution is 7.89. The molecular weight excluding hydrogens is 384 g/mol. The fraction of sp³-hybridized carbons (Fsp3) is 0.421. The Hall–Kier alpha value is -2.52. The zero-order chi connectivity index (χ0) is 20.5. The average molecular weight is 408 g/mol. The number of rotatable bonds is 6. The maximum Gasteiger partial charge on any atom is 0.354 e. The fourth-order valence-corrected chi connectivity index (χ4v) is 5.06. The first-order valence-corrected chi connectivity index (χ1v) is 10.2. The molecule has 1 aliphatic rings. The molecule has 0 aliphatic carbocycles. The highest BCUT2D eigenvalue weighted by atomic mass is 32.2. The van der Waals surface area contributed by atoms with Gasteiger partial charge in [0.1, 0.15) is 22.1 Å². The molecule has 9 heteroatoms. The summed E-state index contributed by atoms with van der Waals surface area (Å²) in [5, 5.41) is 0. The van der Waals surface area contributed by atoms with Crippen molar-refractivity contribution in [2.75, 3.05) is 34.4 Å². The summed E-state index contributed by atoms with van der Waals surface area (Å²) in [7, 11) is 2.32. The molecule has 0 amide bonds. The molecular formula is C19H24N2O6S. The summed E-state index contributed by atoms with van der Waals surface area (Å²) in [5.41, 5.74) is 1.11. The predicted molar refractivity (Wildman–Crippen MR) is 102 cm³/mol. The average Bonchev–Trinajstić information content (AvgIpc) is 3.34. The molecule has 1 aromatic heterocycles. The Kier molecular flexibility index (Phi) is 5.66. The van der Waals surface area contributed by atoms with Crippen LogP contribution in [0.5, 0.6) is 11.5 Å². The van der Waals surface area contributed by atoms with E-state index in [0.717, 1.165) is 5.56 Å². The van der Waals surface area contributed by atoms with Crippen molar-refractivity contribution in [2.24, 2.45) is 7.05 Å².